The van der Waals surface area contributed by atoms with Crippen LogP contribution in [0.2, 0.25) is 5.02 Å². The van der Waals surface area contributed by atoms with E-state index in [1.807, 2.05) is 19.9 Å². The third-order valence-corrected chi connectivity index (χ3v) is 6.13. The van der Waals surface area contributed by atoms with Crippen LogP contribution in [-0.4, -0.2) is 22.4 Å². The zero-order chi connectivity index (χ0) is 19.9. The van der Waals surface area contributed by atoms with Gasteiger partial charge in [0.2, 0.25) is 0 Å². The highest BCUT2D eigenvalue weighted by Crippen LogP contribution is 2.46. The summed E-state index contributed by atoms with van der Waals surface area (Å²) >= 11 is 6.15. The van der Waals surface area contributed by atoms with Crippen LogP contribution in [0.5, 0.6) is 0 Å². The quantitative estimate of drug-likeness (QED) is 0.556. The van der Waals surface area contributed by atoms with E-state index in [0.717, 1.165) is 11.1 Å². The van der Waals surface area contributed by atoms with E-state index in [0.29, 0.717) is 27.1 Å². The molecule has 1 heterocycles. The fraction of sp³-hybridized carbons (Fsp3) is 0.211. The number of primary amides is 1. The average Bonchev–Trinajstić information content (AvgIpc) is 2.93. The molecule has 142 valence electrons. The average molecular weight is 407 g/mol. The van der Waals surface area contributed by atoms with Crippen molar-refractivity contribution in [2.45, 2.75) is 20.8 Å². The van der Waals surface area contributed by atoms with Crippen molar-refractivity contribution in [2.24, 2.45) is 5.73 Å². The fourth-order valence-electron chi connectivity index (χ4n) is 3.35. The number of benzene rings is 2. The lowest BCUT2D eigenvalue weighted by molar-refractivity contribution is 0.0997. The molecule has 0 bridgehead atoms. The second-order valence-electron chi connectivity index (χ2n) is 6.34. The van der Waals surface area contributed by atoms with Gasteiger partial charge in [0.25, 0.3) is 5.91 Å². The third kappa shape index (κ3) is 3.54. The number of nitrogens with one attached hydrogen (secondary N) is 1. The highest BCUT2D eigenvalue weighted by atomic mass is 35.5. The number of aromatic nitrogens is 1. The second-order valence-corrected chi connectivity index (χ2v) is 8.56. The summed E-state index contributed by atoms with van der Waals surface area (Å²) in [7, 11) is -4.12. The highest BCUT2D eigenvalue weighted by molar-refractivity contribution is 7.61. The molecule has 0 aliphatic rings. The normalized spacial score (nSPS) is 13.7. The molecule has 3 rings (SSSR count). The third-order valence-electron chi connectivity index (χ3n) is 4.32. The van der Waals surface area contributed by atoms with Crippen LogP contribution in [0.15, 0.2) is 30.3 Å². The highest BCUT2D eigenvalue weighted by Gasteiger charge is 2.31. The molecular formula is C19H20ClN2O4P. The Morgan fingerprint density at radius 1 is 1.26 bits per heavy atom. The van der Waals surface area contributed by atoms with Crippen molar-refractivity contribution in [3.05, 3.63) is 52.2 Å². The maximum Gasteiger partial charge on any atom is 0.359 e. The second kappa shape index (κ2) is 7.13. The number of nitrogens with two attached hydrogens (primary N) is 1. The number of carbonyl (C=O) groups excluding carboxylic acids is 1. The Hall–Kier alpha value is -2.11. The lowest BCUT2D eigenvalue weighted by atomic mass is 9.95. The van der Waals surface area contributed by atoms with Gasteiger partial charge < -0.3 is 20.1 Å². The predicted molar refractivity (Wildman–Crippen MR) is 108 cm³/mol. The van der Waals surface area contributed by atoms with E-state index in [4.69, 9.17) is 21.9 Å². The summed E-state index contributed by atoms with van der Waals surface area (Å²) in [5.41, 5.74) is 8.81. The van der Waals surface area contributed by atoms with Gasteiger partial charge in [0.05, 0.1) is 11.9 Å². The molecule has 0 spiro atoms. The first-order chi connectivity index (χ1) is 12.7. The Morgan fingerprint density at radius 3 is 2.59 bits per heavy atom. The summed E-state index contributed by atoms with van der Waals surface area (Å²) in [6.07, 6.45) is 0. The fourth-order valence-corrected chi connectivity index (χ4v) is 4.95. The molecular weight excluding hydrogens is 387 g/mol. The maximum atomic E-state index is 12.9. The molecule has 0 saturated carbocycles. The maximum absolute atomic E-state index is 12.9. The Kier molecular flexibility index (Phi) is 5.19. The number of amides is 1. The number of carbonyl (C=O) groups is 1. The standard InChI is InChI=1S/C19H20ClN2O4P/c1-4-26-27(24,25)15-8-10(2)7-11(3)16(15)17-13-9-12(20)5-6-14(13)22-18(17)19(21)23/h5-9,22H,4H2,1-3H3,(H2,21,23)(H,24,25). The largest absolute Gasteiger partial charge is 0.364 e. The van der Waals surface area contributed by atoms with Crippen LogP contribution in [0.1, 0.15) is 28.5 Å². The molecule has 3 aromatic rings. The van der Waals surface area contributed by atoms with Gasteiger partial charge in [-0.1, -0.05) is 17.7 Å². The molecule has 2 aromatic carbocycles. The molecule has 0 radical (unpaired) electrons. The summed E-state index contributed by atoms with van der Waals surface area (Å²) in [6.45, 7) is 5.35. The molecule has 1 aromatic heterocycles. The topological polar surface area (TPSA) is 105 Å². The number of halogens is 1. The van der Waals surface area contributed by atoms with E-state index in [9.17, 15) is 14.3 Å². The van der Waals surface area contributed by atoms with Gasteiger partial charge in [-0.05, 0) is 56.2 Å². The van der Waals surface area contributed by atoms with E-state index in [1.165, 1.54) is 0 Å². The van der Waals surface area contributed by atoms with E-state index in [-0.39, 0.29) is 17.6 Å². The molecule has 27 heavy (non-hydrogen) atoms. The first-order valence-electron chi connectivity index (χ1n) is 8.36. The molecule has 0 saturated heterocycles. The first-order valence-corrected chi connectivity index (χ1v) is 10.3. The van der Waals surface area contributed by atoms with Gasteiger partial charge in [0.1, 0.15) is 5.69 Å². The van der Waals surface area contributed by atoms with Crippen LogP contribution in [0.4, 0.5) is 0 Å². The van der Waals surface area contributed by atoms with Gasteiger partial charge in [-0.3, -0.25) is 9.36 Å². The van der Waals surface area contributed by atoms with E-state index in [1.54, 1.807) is 31.2 Å². The van der Waals surface area contributed by atoms with Crippen molar-refractivity contribution in [3.8, 4) is 11.1 Å². The molecule has 0 fully saturated rings. The zero-order valence-electron chi connectivity index (χ0n) is 15.2. The minimum Gasteiger partial charge on any atom is -0.364 e. The number of aryl methyl sites for hydroxylation is 2. The van der Waals surface area contributed by atoms with Crippen molar-refractivity contribution in [1.82, 2.24) is 4.98 Å². The first kappa shape index (κ1) is 19.6. The van der Waals surface area contributed by atoms with E-state index in [2.05, 4.69) is 4.98 Å². The van der Waals surface area contributed by atoms with Crippen LogP contribution in [0.3, 0.4) is 0 Å². The van der Waals surface area contributed by atoms with Gasteiger partial charge in [-0.2, -0.15) is 0 Å². The minimum atomic E-state index is -4.12. The number of hydrogen-bond donors (Lipinski definition) is 3. The van der Waals surface area contributed by atoms with E-state index >= 15 is 0 Å². The summed E-state index contributed by atoms with van der Waals surface area (Å²) in [5.74, 6) is -0.674. The molecule has 6 nitrogen and oxygen atoms in total. The van der Waals surface area contributed by atoms with Gasteiger partial charge >= 0.3 is 7.60 Å². The number of aromatic amines is 1. The molecule has 4 N–H and O–H groups in total. The van der Waals surface area contributed by atoms with Crippen LogP contribution < -0.4 is 11.0 Å². The van der Waals surface area contributed by atoms with Crippen LogP contribution >= 0.6 is 19.2 Å². The predicted octanol–water partition coefficient (Wildman–Crippen LogP) is 4.05. The van der Waals surface area contributed by atoms with Crippen molar-refractivity contribution in [3.63, 3.8) is 0 Å². The van der Waals surface area contributed by atoms with Crippen molar-refractivity contribution in [2.75, 3.05) is 6.61 Å². The molecule has 0 aliphatic heterocycles. The van der Waals surface area contributed by atoms with Crippen molar-refractivity contribution >= 4 is 41.3 Å². The molecule has 1 amide bonds. The monoisotopic (exact) mass is 406 g/mol. The SMILES string of the molecule is CCOP(=O)(O)c1cc(C)cc(C)c1-c1c(C(N)=O)[nH]c2ccc(Cl)cc12. The number of rotatable bonds is 5. The summed E-state index contributed by atoms with van der Waals surface area (Å²) in [6, 6.07) is 8.60. The van der Waals surface area contributed by atoms with Crippen LogP contribution in [0, 0.1) is 13.8 Å². The summed E-state index contributed by atoms with van der Waals surface area (Å²) in [4.78, 5) is 25.7. The Morgan fingerprint density at radius 2 is 1.96 bits per heavy atom. The molecule has 1 unspecified atom stereocenters. The molecule has 1 atom stereocenters. The Labute approximate surface area is 161 Å². The lowest BCUT2D eigenvalue weighted by Crippen LogP contribution is -2.17. The van der Waals surface area contributed by atoms with Gasteiger partial charge in [-0.25, -0.2) is 0 Å². The Bertz CT molecular complexity index is 1110. The van der Waals surface area contributed by atoms with Crippen LogP contribution in [0.25, 0.3) is 22.0 Å². The zero-order valence-corrected chi connectivity index (χ0v) is 16.8. The van der Waals surface area contributed by atoms with Gasteiger partial charge in [0.15, 0.2) is 0 Å². The van der Waals surface area contributed by atoms with Gasteiger partial charge in [0, 0.05) is 27.1 Å². The van der Waals surface area contributed by atoms with E-state index < -0.39 is 13.5 Å². The Balaban J connectivity index is 2.48. The van der Waals surface area contributed by atoms with Crippen molar-refractivity contribution in [1.29, 1.82) is 0 Å². The molecule has 0 aliphatic carbocycles. The number of hydrogen-bond acceptors (Lipinski definition) is 3. The lowest BCUT2D eigenvalue weighted by Gasteiger charge is -2.19. The number of H-pyrrole nitrogens is 1. The van der Waals surface area contributed by atoms with Crippen LogP contribution in [-0.2, 0) is 9.09 Å². The summed E-state index contributed by atoms with van der Waals surface area (Å²) in [5, 5.41) is 1.24. The molecule has 8 heteroatoms. The summed E-state index contributed by atoms with van der Waals surface area (Å²) < 4.78 is 18.1. The smallest absolute Gasteiger partial charge is 0.359 e. The van der Waals surface area contributed by atoms with Crippen molar-refractivity contribution < 1.29 is 18.8 Å². The minimum absolute atomic E-state index is 0.0720. The van der Waals surface area contributed by atoms with Gasteiger partial charge in [-0.15, -0.1) is 0 Å². The number of fused-ring (bicyclic) bond motifs is 1.